The van der Waals surface area contributed by atoms with E-state index in [0.717, 1.165) is 23.4 Å². The predicted molar refractivity (Wildman–Crippen MR) is 75.9 cm³/mol. The molecular formula is C14H21N3O2. The molecule has 0 radical (unpaired) electrons. The van der Waals surface area contributed by atoms with E-state index in [4.69, 9.17) is 15.7 Å². The Balaban J connectivity index is 2.35. The second kappa shape index (κ2) is 5.93. The van der Waals surface area contributed by atoms with Gasteiger partial charge >= 0.3 is 0 Å². The summed E-state index contributed by atoms with van der Waals surface area (Å²) in [5, 5.41) is 12.1. The first-order valence-electron chi connectivity index (χ1n) is 6.51. The second-order valence-corrected chi connectivity index (χ2v) is 4.92. The van der Waals surface area contributed by atoms with Crippen LogP contribution in [0.5, 0.6) is 0 Å². The average molecular weight is 263 g/mol. The number of benzene rings is 1. The molecule has 5 nitrogen and oxygen atoms in total. The minimum absolute atomic E-state index is 0.154. The number of amidine groups is 1. The highest BCUT2D eigenvalue weighted by Gasteiger charge is 2.30. The normalized spacial score (nSPS) is 15.6. The highest BCUT2D eigenvalue weighted by atomic mass is 16.5. The van der Waals surface area contributed by atoms with Crippen LogP contribution in [-0.2, 0) is 4.74 Å². The Morgan fingerprint density at radius 3 is 2.84 bits per heavy atom. The lowest BCUT2D eigenvalue weighted by Crippen LogP contribution is -2.32. The molecule has 1 saturated carbocycles. The molecule has 0 heterocycles. The number of ether oxygens (including phenoxy) is 1. The molecule has 1 aliphatic rings. The van der Waals surface area contributed by atoms with Gasteiger partial charge in [0.15, 0.2) is 5.84 Å². The maximum atomic E-state index is 8.94. The van der Waals surface area contributed by atoms with Crippen LogP contribution in [0.2, 0.25) is 0 Å². The van der Waals surface area contributed by atoms with Gasteiger partial charge in [0.1, 0.15) is 0 Å². The van der Waals surface area contributed by atoms with E-state index in [1.165, 1.54) is 12.8 Å². The third-order valence-electron chi connectivity index (χ3n) is 3.37. The topological polar surface area (TPSA) is 71.1 Å². The molecule has 19 heavy (non-hydrogen) atoms. The maximum Gasteiger partial charge on any atom is 0.172 e. The molecule has 0 unspecified atom stereocenters. The Labute approximate surface area is 113 Å². The zero-order chi connectivity index (χ0) is 13.8. The SMILES string of the molecule is COCCN(c1ccc(C)cc1/C(N)=N/O)C1CC1. The van der Waals surface area contributed by atoms with Gasteiger partial charge in [0.25, 0.3) is 0 Å². The molecule has 0 spiro atoms. The van der Waals surface area contributed by atoms with Crippen LogP contribution in [0.1, 0.15) is 24.0 Å². The lowest BCUT2D eigenvalue weighted by Gasteiger charge is -2.26. The zero-order valence-electron chi connectivity index (χ0n) is 11.5. The Morgan fingerprint density at radius 1 is 1.53 bits per heavy atom. The molecule has 1 aliphatic carbocycles. The molecule has 104 valence electrons. The number of rotatable bonds is 6. The number of nitrogens with zero attached hydrogens (tertiary/aromatic N) is 2. The lowest BCUT2D eigenvalue weighted by molar-refractivity contribution is 0.205. The van der Waals surface area contributed by atoms with Crippen molar-refractivity contribution in [1.29, 1.82) is 0 Å². The third-order valence-corrected chi connectivity index (χ3v) is 3.37. The summed E-state index contributed by atoms with van der Waals surface area (Å²) in [6.07, 6.45) is 2.38. The van der Waals surface area contributed by atoms with Gasteiger partial charge in [-0.3, -0.25) is 0 Å². The summed E-state index contributed by atoms with van der Waals surface area (Å²) in [7, 11) is 1.70. The van der Waals surface area contributed by atoms with E-state index in [0.29, 0.717) is 12.6 Å². The van der Waals surface area contributed by atoms with Crippen molar-refractivity contribution < 1.29 is 9.94 Å². The second-order valence-electron chi connectivity index (χ2n) is 4.92. The van der Waals surface area contributed by atoms with Gasteiger partial charge in [-0.25, -0.2) is 0 Å². The summed E-state index contributed by atoms with van der Waals surface area (Å²) in [6.45, 7) is 3.48. The van der Waals surface area contributed by atoms with Crippen LogP contribution >= 0.6 is 0 Å². The van der Waals surface area contributed by atoms with Gasteiger partial charge in [-0.05, 0) is 31.9 Å². The quantitative estimate of drug-likeness (QED) is 0.355. The smallest absolute Gasteiger partial charge is 0.172 e. The summed E-state index contributed by atoms with van der Waals surface area (Å²) in [4.78, 5) is 2.29. The Morgan fingerprint density at radius 2 is 2.26 bits per heavy atom. The molecule has 2 rings (SSSR count). The molecule has 0 bridgehead atoms. The monoisotopic (exact) mass is 263 g/mol. The Kier molecular flexibility index (Phi) is 4.27. The minimum Gasteiger partial charge on any atom is -0.409 e. The van der Waals surface area contributed by atoms with Crippen LogP contribution in [0.15, 0.2) is 23.4 Å². The fraction of sp³-hybridized carbons (Fsp3) is 0.500. The zero-order valence-corrected chi connectivity index (χ0v) is 11.5. The maximum absolute atomic E-state index is 8.94. The van der Waals surface area contributed by atoms with E-state index in [9.17, 15) is 0 Å². The molecule has 1 aromatic rings. The van der Waals surface area contributed by atoms with Crippen molar-refractivity contribution in [3.8, 4) is 0 Å². The van der Waals surface area contributed by atoms with Crippen LogP contribution in [0.25, 0.3) is 0 Å². The number of methoxy groups -OCH3 is 1. The first kappa shape index (κ1) is 13.7. The molecule has 0 saturated heterocycles. The van der Waals surface area contributed by atoms with Crippen molar-refractivity contribution in [2.45, 2.75) is 25.8 Å². The lowest BCUT2D eigenvalue weighted by atomic mass is 10.1. The van der Waals surface area contributed by atoms with Gasteiger partial charge in [0.2, 0.25) is 0 Å². The predicted octanol–water partition coefficient (Wildman–Crippen LogP) is 1.70. The molecule has 5 heteroatoms. The van der Waals surface area contributed by atoms with Gasteiger partial charge in [-0.1, -0.05) is 16.8 Å². The molecular weight excluding hydrogens is 242 g/mol. The number of nitrogens with two attached hydrogens (primary N) is 1. The van der Waals surface area contributed by atoms with Crippen LogP contribution in [-0.4, -0.2) is 37.3 Å². The first-order valence-corrected chi connectivity index (χ1v) is 6.51. The van der Waals surface area contributed by atoms with Crippen LogP contribution in [0.3, 0.4) is 0 Å². The number of aryl methyl sites for hydroxylation is 1. The summed E-state index contributed by atoms with van der Waals surface area (Å²) in [5.41, 5.74) is 8.68. The summed E-state index contributed by atoms with van der Waals surface area (Å²) >= 11 is 0. The number of oxime groups is 1. The van der Waals surface area contributed by atoms with Crippen molar-refractivity contribution in [2.75, 3.05) is 25.2 Å². The van der Waals surface area contributed by atoms with Gasteiger partial charge in [-0.2, -0.15) is 0 Å². The highest BCUT2D eigenvalue weighted by molar-refractivity contribution is 6.02. The van der Waals surface area contributed by atoms with E-state index in [1.807, 2.05) is 25.1 Å². The number of hydrogen-bond acceptors (Lipinski definition) is 4. The van der Waals surface area contributed by atoms with E-state index in [2.05, 4.69) is 10.1 Å². The van der Waals surface area contributed by atoms with E-state index < -0.39 is 0 Å². The molecule has 0 atom stereocenters. The standard InChI is InChI=1S/C14H21N3O2/c1-10-3-6-13(12(9-10)14(15)16-18)17(7-8-19-2)11-4-5-11/h3,6,9,11,18H,4-5,7-8H2,1-2H3,(H2,15,16). The number of anilines is 1. The van der Waals surface area contributed by atoms with Crippen molar-refractivity contribution in [2.24, 2.45) is 10.9 Å². The molecule has 0 aromatic heterocycles. The fourth-order valence-electron chi connectivity index (χ4n) is 2.23. The Hall–Kier alpha value is -1.75. The van der Waals surface area contributed by atoms with Gasteiger partial charge in [0.05, 0.1) is 6.61 Å². The van der Waals surface area contributed by atoms with Crippen LogP contribution in [0, 0.1) is 6.92 Å². The first-order chi connectivity index (χ1) is 9.17. The summed E-state index contributed by atoms with van der Waals surface area (Å²) in [6, 6.07) is 6.58. The third kappa shape index (κ3) is 3.17. The van der Waals surface area contributed by atoms with Crippen molar-refractivity contribution in [1.82, 2.24) is 0 Å². The number of hydrogen-bond donors (Lipinski definition) is 2. The van der Waals surface area contributed by atoms with Gasteiger partial charge in [0, 0.05) is 30.9 Å². The molecule has 1 fully saturated rings. The van der Waals surface area contributed by atoms with Crippen LogP contribution < -0.4 is 10.6 Å². The van der Waals surface area contributed by atoms with Crippen molar-refractivity contribution in [3.05, 3.63) is 29.3 Å². The fourth-order valence-corrected chi connectivity index (χ4v) is 2.23. The van der Waals surface area contributed by atoms with Crippen molar-refractivity contribution in [3.63, 3.8) is 0 Å². The highest BCUT2D eigenvalue weighted by Crippen LogP contribution is 2.33. The van der Waals surface area contributed by atoms with E-state index >= 15 is 0 Å². The van der Waals surface area contributed by atoms with Gasteiger partial charge < -0.3 is 20.6 Å². The molecule has 1 aromatic carbocycles. The molecule has 0 amide bonds. The van der Waals surface area contributed by atoms with E-state index in [-0.39, 0.29) is 5.84 Å². The van der Waals surface area contributed by atoms with E-state index in [1.54, 1.807) is 7.11 Å². The Bertz CT molecular complexity index is 470. The molecule has 0 aliphatic heterocycles. The average Bonchev–Trinajstić information content (AvgIpc) is 3.24. The summed E-state index contributed by atoms with van der Waals surface area (Å²) in [5.74, 6) is 0.154. The summed E-state index contributed by atoms with van der Waals surface area (Å²) < 4.78 is 5.17. The largest absolute Gasteiger partial charge is 0.409 e. The van der Waals surface area contributed by atoms with Crippen molar-refractivity contribution >= 4 is 11.5 Å². The molecule has 3 N–H and O–H groups in total. The van der Waals surface area contributed by atoms with Gasteiger partial charge in [-0.15, -0.1) is 0 Å². The minimum atomic E-state index is 0.154. The van der Waals surface area contributed by atoms with Crippen LogP contribution in [0.4, 0.5) is 5.69 Å².